The number of ether oxygens (including phenoxy) is 2. The Morgan fingerprint density at radius 3 is 2.58 bits per heavy atom. The predicted molar refractivity (Wildman–Crippen MR) is 73.3 cm³/mol. The fourth-order valence-electron chi connectivity index (χ4n) is 2.76. The third kappa shape index (κ3) is 4.16. The summed E-state index contributed by atoms with van der Waals surface area (Å²) in [5.74, 6) is -0.738. The maximum atomic E-state index is 11.6. The van der Waals surface area contributed by atoms with Gasteiger partial charge in [-0.1, -0.05) is 13.8 Å². The number of carboxylic acid groups (broad SMARTS) is 1. The topological polar surface area (TPSA) is 59.0 Å². The SMILES string of the molecule is CCC(CC)N(CCOC)CC1(C(=O)O)CCOC1. The van der Waals surface area contributed by atoms with Crippen LogP contribution in [0.1, 0.15) is 33.1 Å². The van der Waals surface area contributed by atoms with Crippen LogP contribution in [0.3, 0.4) is 0 Å². The molecule has 1 N–H and O–H groups in total. The molecular weight excluding hydrogens is 246 g/mol. The van der Waals surface area contributed by atoms with Crippen LogP contribution in [0.2, 0.25) is 0 Å². The second kappa shape index (κ2) is 7.82. The van der Waals surface area contributed by atoms with Crippen LogP contribution in [0.25, 0.3) is 0 Å². The molecule has 1 fully saturated rings. The van der Waals surface area contributed by atoms with E-state index in [9.17, 15) is 9.90 Å². The second-order valence-corrected chi connectivity index (χ2v) is 5.32. The largest absolute Gasteiger partial charge is 0.481 e. The van der Waals surface area contributed by atoms with Gasteiger partial charge in [-0.3, -0.25) is 9.69 Å². The lowest BCUT2D eigenvalue weighted by molar-refractivity contribution is -0.150. The van der Waals surface area contributed by atoms with Crippen molar-refractivity contribution in [2.75, 3.05) is 40.0 Å². The molecule has 1 aliphatic heterocycles. The summed E-state index contributed by atoms with van der Waals surface area (Å²) >= 11 is 0. The fourth-order valence-corrected chi connectivity index (χ4v) is 2.76. The number of carboxylic acids is 1. The molecule has 0 saturated carbocycles. The summed E-state index contributed by atoms with van der Waals surface area (Å²) in [6.45, 7) is 7.13. The van der Waals surface area contributed by atoms with Crippen molar-refractivity contribution in [3.8, 4) is 0 Å². The third-order valence-corrected chi connectivity index (χ3v) is 4.10. The van der Waals surface area contributed by atoms with Gasteiger partial charge < -0.3 is 14.6 Å². The molecule has 1 aliphatic rings. The molecule has 5 heteroatoms. The quantitative estimate of drug-likeness (QED) is 0.691. The molecule has 0 radical (unpaired) electrons. The summed E-state index contributed by atoms with van der Waals surface area (Å²) in [5.41, 5.74) is -0.740. The highest BCUT2D eigenvalue weighted by Crippen LogP contribution is 2.31. The molecular formula is C14H27NO4. The summed E-state index contributed by atoms with van der Waals surface area (Å²) in [6.07, 6.45) is 2.65. The first-order chi connectivity index (χ1) is 9.09. The average molecular weight is 273 g/mol. The van der Waals surface area contributed by atoms with Gasteiger partial charge in [0.2, 0.25) is 0 Å². The van der Waals surface area contributed by atoms with Crippen molar-refractivity contribution in [2.24, 2.45) is 5.41 Å². The number of carbonyl (C=O) groups is 1. The van der Waals surface area contributed by atoms with Gasteiger partial charge in [0, 0.05) is 32.8 Å². The van der Waals surface area contributed by atoms with Crippen LogP contribution in [0.5, 0.6) is 0 Å². The van der Waals surface area contributed by atoms with Crippen molar-refractivity contribution in [1.82, 2.24) is 4.90 Å². The van der Waals surface area contributed by atoms with E-state index in [0.717, 1.165) is 19.4 Å². The molecule has 1 atom stereocenters. The van der Waals surface area contributed by atoms with Crippen LogP contribution in [0.4, 0.5) is 0 Å². The third-order valence-electron chi connectivity index (χ3n) is 4.10. The smallest absolute Gasteiger partial charge is 0.313 e. The van der Waals surface area contributed by atoms with E-state index in [4.69, 9.17) is 9.47 Å². The minimum Gasteiger partial charge on any atom is -0.481 e. The maximum absolute atomic E-state index is 11.6. The van der Waals surface area contributed by atoms with Gasteiger partial charge in [0.05, 0.1) is 13.2 Å². The van der Waals surface area contributed by atoms with E-state index in [1.54, 1.807) is 7.11 Å². The zero-order valence-corrected chi connectivity index (χ0v) is 12.4. The monoisotopic (exact) mass is 273 g/mol. The van der Waals surface area contributed by atoms with Gasteiger partial charge in [-0.15, -0.1) is 0 Å². The second-order valence-electron chi connectivity index (χ2n) is 5.32. The van der Waals surface area contributed by atoms with E-state index in [1.807, 2.05) is 0 Å². The van der Waals surface area contributed by atoms with E-state index in [1.165, 1.54) is 0 Å². The summed E-state index contributed by atoms with van der Waals surface area (Å²) < 4.78 is 10.5. The van der Waals surface area contributed by atoms with Crippen LogP contribution in [-0.2, 0) is 14.3 Å². The van der Waals surface area contributed by atoms with Crippen LogP contribution >= 0.6 is 0 Å². The zero-order valence-electron chi connectivity index (χ0n) is 12.4. The van der Waals surface area contributed by atoms with E-state index in [2.05, 4.69) is 18.7 Å². The normalized spacial score (nSPS) is 23.4. The summed E-state index contributed by atoms with van der Waals surface area (Å²) in [7, 11) is 1.68. The fraction of sp³-hybridized carbons (Fsp3) is 0.929. The molecule has 0 aliphatic carbocycles. The van der Waals surface area contributed by atoms with Crippen molar-refractivity contribution in [1.29, 1.82) is 0 Å². The number of rotatable bonds is 9. The standard InChI is InChI=1S/C14H27NO4/c1-4-12(5-2)15(7-9-18-3)10-14(13(16)17)6-8-19-11-14/h12H,4-11H2,1-3H3,(H,16,17). The Morgan fingerprint density at radius 1 is 1.47 bits per heavy atom. The Balaban J connectivity index is 2.76. The van der Waals surface area contributed by atoms with Crippen molar-refractivity contribution in [3.05, 3.63) is 0 Å². The van der Waals surface area contributed by atoms with Crippen LogP contribution in [0.15, 0.2) is 0 Å². The van der Waals surface area contributed by atoms with E-state index in [-0.39, 0.29) is 0 Å². The van der Waals surface area contributed by atoms with Gasteiger partial charge in [0.15, 0.2) is 0 Å². The average Bonchev–Trinajstić information content (AvgIpc) is 2.87. The number of methoxy groups -OCH3 is 1. The molecule has 0 aromatic carbocycles. The van der Waals surface area contributed by atoms with Crippen molar-refractivity contribution >= 4 is 5.97 Å². The first kappa shape index (κ1) is 16.4. The minimum absolute atomic E-state index is 0.325. The Bertz CT molecular complexity index is 273. The Hall–Kier alpha value is -0.650. The molecule has 1 heterocycles. The number of hydrogen-bond donors (Lipinski definition) is 1. The number of nitrogens with zero attached hydrogens (tertiary/aromatic N) is 1. The molecule has 0 aromatic heterocycles. The first-order valence-corrected chi connectivity index (χ1v) is 7.13. The lowest BCUT2D eigenvalue weighted by Gasteiger charge is -2.36. The Labute approximate surface area is 115 Å². The maximum Gasteiger partial charge on any atom is 0.313 e. The summed E-state index contributed by atoms with van der Waals surface area (Å²) in [5, 5.41) is 9.53. The molecule has 0 spiro atoms. The molecule has 112 valence electrons. The van der Waals surface area contributed by atoms with Crippen molar-refractivity contribution < 1.29 is 19.4 Å². The van der Waals surface area contributed by atoms with Crippen LogP contribution in [-0.4, -0.2) is 62.0 Å². The lowest BCUT2D eigenvalue weighted by Crippen LogP contribution is -2.48. The minimum atomic E-state index is -0.740. The molecule has 0 amide bonds. The summed E-state index contributed by atoms with van der Waals surface area (Å²) in [6, 6.07) is 0.409. The van der Waals surface area contributed by atoms with Gasteiger partial charge in [-0.05, 0) is 19.3 Å². The molecule has 19 heavy (non-hydrogen) atoms. The highest BCUT2D eigenvalue weighted by atomic mass is 16.5. The van der Waals surface area contributed by atoms with Crippen LogP contribution < -0.4 is 0 Å². The van der Waals surface area contributed by atoms with Gasteiger partial charge in [-0.2, -0.15) is 0 Å². The predicted octanol–water partition coefficient (Wildman–Crippen LogP) is 1.61. The molecule has 5 nitrogen and oxygen atoms in total. The van der Waals surface area contributed by atoms with Crippen molar-refractivity contribution in [2.45, 2.75) is 39.2 Å². The van der Waals surface area contributed by atoms with Gasteiger partial charge >= 0.3 is 5.97 Å². The summed E-state index contributed by atoms with van der Waals surface area (Å²) in [4.78, 5) is 13.9. The number of hydrogen-bond acceptors (Lipinski definition) is 4. The lowest BCUT2D eigenvalue weighted by atomic mass is 9.86. The number of aliphatic carboxylic acids is 1. The highest BCUT2D eigenvalue weighted by molar-refractivity contribution is 5.75. The first-order valence-electron chi connectivity index (χ1n) is 7.13. The molecule has 1 saturated heterocycles. The van der Waals surface area contributed by atoms with Gasteiger partial charge in [-0.25, -0.2) is 0 Å². The van der Waals surface area contributed by atoms with E-state index < -0.39 is 11.4 Å². The zero-order chi connectivity index (χ0) is 14.3. The Kier molecular flexibility index (Phi) is 6.75. The highest BCUT2D eigenvalue weighted by Gasteiger charge is 2.44. The molecule has 0 bridgehead atoms. The molecule has 1 rings (SSSR count). The molecule has 1 unspecified atom stereocenters. The Morgan fingerprint density at radius 2 is 2.16 bits per heavy atom. The van der Waals surface area contributed by atoms with E-state index in [0.29, 0.717) is 38.8 Å². The molecule has 0 aromatic rings. The van der Waals surface area contributed by atoms with Gasteiger partial charge in [0.1, 0.15) is 5.41 Å². The van der Waals surface area contributed by atoms with Gasteiger partial charge in [0.25, 0.3) is 0 Å². The van der Waals surface area contributed by atoms with Crippen molar-refractivity contribution in [3.63, 3.8) is 0 Å². The van der Waals surface area contributed by atoms with E-state index >= 15 is 0 Å². The van der Waals surface area contributed by atoms with Crippen LogP contribution in [0, 0.1) is 5.41 Å².